The molecule has 5 rings (SSSR count). The first-order valence-electron chi connectivity index (χ1n) is 10.5. The second-order valence-electron chi connectivity index (χ2n) is 7.73. The molecule has 31 heavy (non-hydrogen) atoms. The summed E-state index contributed by atoms with van der Waals surface area (Å²) in [4.78, 5) is 13.5. The Morgan fingerprint density at radius 3 is 2.84 bits per heavy atom. The van der Waals surface area contributed by atoms with Gasteiger partial charge in [-0.1, -0.05) is 6.07 Å². The van der Waals surface area contributed by atoms with Gasteiger partial charge in [0.05, 0.1) is 59.8 Å². The Hall–Kier alpha value is -3.36. The van der Waals surface area contributed by atoms with E-state index in [4.69, 9.17) is 15.5 Å². The summed E-state index contributed by atoms with van der Waals surface area (Å²) >= 11 is 0. The number of aromatic nitrogens is 5. The number of rotatable bonds is 7. The maximum atomic E-state index is 9.42. The molecular formula is C23H24N6O2. The van der Waals surface area contributed by atoms with E-state index in [0.29, 0.717) is 24.0 Å². The van der Waals surface area contributed by atoms with Crippen LogP contribution >= 0.6 is 0 Å². The van der Waals surface area contributed by atoms with Crippen molar-refractivity contribution < 1.29 is 9.84 Å². The molecule has 3 heterocycles. The molecule has 0 spiro atoms. The first-order chi connectivity index (χ1) is 15.2. The number of nitrogens with two attached hydrogens (primary N) is 1. The van der Waals surface area contributed by atoms with Gasteiger partial charge < -0.3 is 15.6 Å². The summed E-state index contributed by atoms with van der Waals surface area (Å²) in [6.07, 6.45) is 7.24. The largest absolute Gasteiger partial charge is 0.493 e. The molecule has 4 aromatic rings. The highest BCUT2D eigenvalue weighted by Gasteiger charge is 2.30. The molecule has 0 bridgehead atoms. The third-order valence-electron chi connectivity index (χ3n) is 5.54. The number of fused-ring (bicyclic) bond motifs is 1. The summed E-state index contributed by atoms with van der Waals surface area (Å²) < 4.78 is 7.62. The summed E-state index contributed by atoms with van der Waals surface area (Å²) in [5, 5.41) is 14.8. The molecule has 1 saturated carbocycles. The van der Waals surface area contributed by atoms with E-state index in [0.717, 1.165) is 33.6 Å². The number of hydrogen-bond acceptors (Lipinski definition) is 7. The van der Waals surface area contributed by atoms with Crippen LogP contribution in [0.5, 0.6) is 5.75 Å². The second kappa shape index (κ2) is 8.05. The molecule has 8 heteroatoms. The van der Waals surface area contributed by atoms with Crippen LogP contribution in [0, 0.1) is 5.92 Å². The monoisotopic (exact) mass is 416 g/mol. The van der Waals surface area contributed by atoms with Crippen molar-refractivity contribution >= 4 is 10.9 Å². The Morgan fingerprint density at radius 2 is 2.06 bits per heavy atom. The van der Waals surface area contributed by atoms with E-state index < -0.39 is 0 Å². The molecule has 0 unspecified atom stereocenters. The van der Waals surface area contributed by atoms with Crippen molar-refractivity contribution in [2.24, 2.45) is 11.7 Å². The molecule has 3 aromatic heterocycles. The van der Waals surface area contributed by atoms with Gasteiger partial charge in [0.2, 0.25) is 0 Å². The van der Waals surface area contributed by atoms with Gasteiger partial charge in [0.15, 0.2) is 5.82 Å². The zero-order valence-corrected chi connectivity index (χ0v) is 17.3. The summed E-state index contributed by atoms with van der Waals surface area (Å²) in [7, 11) is 0. The van der Waals surface area contributed by atoms with Gasteiger partial charge >= 0.3 is 0 Å². The fourth-order valence-corrected chi connectivity index (χ4v) is 3.77. The van der Waals surface area contributed by atoms with Gasteiger partial charge in [-0.25, -0.2) is 9.67 Å². The highest BCUT2D eigenvalue weighted by molar-refractivity contribution is 5.90. The highest BCUT2D eigenvalue weighted by atomic mass is 16.5. The van der Waals surface area contributed by atoms with E-state index in [9.17, 15) is 5.11 Å². The fraction of sp³-hybridized carbons (Fsp3) is 0.304. The number of benzene rings is 1. The molecule has 158 valence electrons. The van der Waals surface area contributed by atoms with Crippen LogP contribution in [0.1, 0.15) is 37.2 Å². The van der Waals surface area contributed by atoms with E-state index in [-0.39, 0.29) is 12.6 Å². The third-order valence-corrected chi connectivity index (χ3v) is 5.54. The predicted molar refractivity (Wildman–Crippen MR) is 117 cm³/mol. The molecule has 0 radical (unpaired) electrons. The Bertz CT molecular complexity index is 1230. The minimum atomic E-state index is -0.187. The molecule has 3 N–H and O–H groups in total. The van der Waals surface area contributed by atoms with Crippen LogP contribution in [-0.4, -0.2) is 36.4 Å². The zero-order chi connectivity index (χ0) is 21.4. The lowest BCUT2D eigenvalue weighted by Crippen LogP contribution is -2.14. The summed E-state index contributed by atoms with van der Waals surface area (Å²) in [5.41, 5.74) is 10.3. The van der Waals surface area contributed by atoms with E-state index in [1.54, 1.807) is 17.1 Å². The van der Waals surface area contributed by atoms with Gasteiger partial charge in [0, 0.05) is 11.6 Å². The second-order valence-corrected chi connectivity index (χ2v) is 7.73. The quantitative estimate of drug-likeness (QED) is 0.476. The predicted octanol–water partition coefficient (Wildman–Crippen LogP) is 3.18. The first kappa shape index (κ1) is 19.6. The fourth-order valence-electron chi connectivity index (χ4n) is 3.77. The topological polar surface area (TPSA) is 112 Å². The molecule has 1 aliphatic rings. The van der Waals surface area contributed by atoms with Crippen LogP contribution in [0.2, 0.25) is 0 Å². The Labute approximate surface area is 179 Å². The maximum Gasteiger partial charge on any atom is 0.172 e. The highest BCUT2D eigenvalue weighted by Crippen LogP contribution is 2.39. The lowest BCUT2D eigenvalue weighted by atomic mass is 10.1. The van der Waals surface area contributed by atoms with Crippen LogP contribution < -0.4 is 10.5 Å². The molecule has 0 saturated heterocycles. The standard InChI is InChI=1S/C23H24N6O2/c1-2-31-21-9-15(18-4-3-5-19(28-18)23(24)14-6-7-14)8-20-17(21)11-26-29(20)22-12-25-10-16(13-30)27-22/h3-5,8-12,14,23,30H,2,6-7,13,24H2,1H3/t23-/m0/s1. The minimum Gasteiger partial charge on any atom is -0.493 e. The first-order valence-corrected chi connectivity index (χ1v) is 10.5. The molecule has 0 aliphatic heterocycles. The average Bonchev–Trinajstić information content (AvgIpc) is 3.57. The van der Waals surface area contributed by atoms with Crippen molar-refractivity contribution in [3.8, 4) is 22.8 Å². The number of aliphatic hydroxyl groups excluding tert-OH is 1. The summed E-state index contributed by atoms with van der Waals surface area (Å²) in [5.74, 6) is 1.79. The van der Waals surface area contributed by atoms with Gasteiger partial charge in [0.25, 0.3) is 0 Å². The minimum absolute atomic E-state index is 0.0305. The molecule has 0 amide bonds. The molecule has 1 fully saturated rings. The Balaban J connectivity index is 1.64. The molecule has 8 nitrogen and oxygen atoms in total. The molecule has 1 atom stereocenters. The third kappa shape index (κ3) is 3.75. The van der Waals surface area contributed by atoms with Crippen molar-refractivity contribution in [2.45, 2.75) is 32.4 Å². The Kier molecular flexibility index (Phi) is 5.09. The van der Waals surface area contributed by atoms with E-state index in [2.05, 4.69) is 15.1 Å². The normalized spacial score (nSPS) is 14.7. The van der Waals surface area contributed by atoms with Gasteiger partial charge in [-0.15, -0.1) is 0 Å². The molecule has 1 aromatic carbocycles. The van der Waals surface area contributed by atoms with Crippen molar-refractivity contribution in [2.75, 3.05) is 6.61 Å². The van der Waals surface area contributed by atoms with Crippen molar-refractivity contribution in [3.05, 3.63) is 60.3 Å². The Morgan fingerprint density at radius 1 is 1.19 bits per heavy atom. The van der Waals surface area contributed by atoms with Crippen LogP contribution in [0.15, 0.2) is 48.9 Å². The number of pyridine rings is 1. The maximum absolute atomic E-state index is 9.42. The van der Waals surface area contributed by atoms with Crippen LogP contribution in [-0.2, 0) is 6.61 Å². The zero-order valence-electron chi connectivity index (χ0n) is 17.3. The summed E-state index contributed by atoms with van der Waals surface area (Å²) in [6, 6.07) is 9.95. The van der Waals surface area contributed by atoms with Crippen molar-refractivity contribution in [3.63, 3.8) is 0 Å². The van der Waals surface area contributed by atoms with Gasteiger partial charge in [-0.3, -0.25) is 9.97 Å². The van der Waals surface area contributed by atoms with Gasteiger partial charge in [0.1, 0.15) is 5.75 Å². The van der Waals surface area contributed by atoms with Crippen molar-refractivity contribution in [1.29, 1.82) is 0 Å². The smallest absolute Gasteiger partial charge is 0.172 e. The van der Waals surface area contributed by atoms with Crippen LogP contribution in [0.4, 0.5) is 0 Å². The lowest BCUT2D eigenvalue weighted by Gasteiger charge is -2.13. The number of hydrogen-bond donors (Lipinski definition) is 2. The van der Waals surface area contributed by atoms with E-state index in [1.807, 2.05) is 37.3 Å². The van der Waals surface area contributed by atoms with Crippen LogP contribution in [0.3, 0.4) is 0 Å². The van der Waals surface area contributed by atoms with E-state index in [1.165, 1.54) is 19.0 Å². The van der Waals surface area contributed by atoms with Gasteiger partial charge in [-0.05, 0) is 49.9 Å². The van der Waals surface area contributed by atoms with Crippen LogP contribution in [0.25, 0.3) is 28.0 Å². The average molecular weight is 416 g/mol. The van der Waals surface area contributed by atoms with E-state index >= 15 is 0 Å². The van der Waals surface area contributed by atoms with Crippen molar-refractivity contribution in [1.82, 2.24) is 24.7 Å². The summed E-state index contributed by atoms with van der Waals surface area (Å²) in [6.45, 7) is 2.30. The number of nitrogens with zero attached hydrogens (tertiary/aromatic N) is 5. The van der Waals surface area contributed by atoms with Gasteiger partial charge in [-0.2, -0.15) is 5.10 Å². The number of aliphatic hydroxyl groups is 1. The molecular weight excluding hydrogens is 392 g/mol. The lowest BCUT2D eigenvalue weighted by molar-refractivity contribution is 0.276. The molecule has 1 aliphatic carbocycles. The number of ether oxygens (including phenoxy) is 1. The SMILES string of the molecule is CCOc1cc(-c2cccc([C@@H](N)C3CC3)n2)cc2c1cnn2-c1cncc(CO)n1.